The summed E-state index contributed by atoms with van der Waals surface area (Å²) in [5.41, 5.74) is 0. The Bertz CT molecular complexity index is 333. The average Bonchev–Trinajstić information content (AvgIpc) is 2.50. The monoisotopic (exact) mass is 229 g/mol. The standard InChI is InChI=1S/C10H12ClNOS/c1-8(13)12-7-3-2-4-9-5-6-10(11)14-9/h2,4-6H,3,7H2,1H3,(H,12,13). The molecule has 14 heavy (non-hydrogen) atoms. The van der Waals surface area contributed by atoms with Gasteiger partial charge in [-0.1, -0.05) is 17.7 Å². The fourth-order valence-corrected chi connectivity index (χ4v) is 1.94. The Kier molecular flexibility index (Phi) is 4.70. The molecule has 2 nitrogen and oxygen atoms in total. The van der Waals surface area contributed by atoms with E-state index in [1.807, 2.05) is 24.3 Å². The smallest absolute Gasteiger partial charge is 0.216 e. The minimum absolute atomic E-state index is 0.0116. The molecule has 0 aliphatic carbocycles. The van der Waals surface area contributed by atoms with E-state index in [1.165, 1.54) is 6.92 Å². The lowest BCUT2D eigenvalue weighted by Crippen LogP contribution is -2.20. The number of carbonyl (C=O) groups is 1. The predicted octanol–water partition coefficient (Wildman–Crippen LogP) is 2.94. The molecule has 1 amide bonds. The number of hydrogen-bond acceptors (Lipinski definition) is 2. The van der Waals surface area contributed by atoms with Crippen molar-refractivity contribution in [1.29, 1.82) is 0 Å². The summed E-state index contributed by atoms with van der Waals surface area (Å²) in [5, 5.41) is 2.72. The van der Waals surface area contributed by atoms with Crippen molar-refractivity contribution in [3.8, 4) is 0 Å². The maximum absolute atomic E-state index is 10.5. The maximum Gasteiger partial charge on any atom is 0.216 e. The Hall–Kier alpha value is -0.800. The third-order valence-electron chi connectivity index (χ3n) is 1.56. The minimum Gasteiger partial charge on any atom is -0.356 e. The van der Waals surface area contributed by atoms with Crippen molar-refractivity contribution in [2.24, 2.45) is 0 Å². The van der Waals surface area contributed by atoms with Crippen LogP contribution in [0, 0.1) is 0 Å². The molecule has 0 unspecified atom stereocenters. The molecule has 0 bridgehead atoms. The molecular formula is C10H12ClNOS. The van der Waals surface area contributed by atoms with Crippen LogP contribution >= 0.6 is 22.9 Å². The van der Waals surface area contributed by atoms with E-state index in [1.54, 1.807) is 11.3 Å². The van der Waals surface area contributed by atoms with E-state index in [4.69, 9.17) is 11.6 Å². The van der Waals surface area contributed by atoms with E-state index in [-0.39, 0.29) is 5.91 Å². The van der Waals surface area contributed by atoms with Gasteiger partial charge in [-0.3, -0.25) is 4.79 Å². The summed E-state index contributed by atoms with van der Waals surface area (Å²) in [7, 11) is 0. The van der Waals surface area contributed by atoms with Gasteiger partial charge in [-0.2, -0.15) is 0 Å². The summed E-state index contributed by atoms with van der Waals surface area (Å²) in [5.74, 6) is 0.0116. The first-order chi connectivity index (χ1) is 6.68. The highest BCUT2D eigenvalue weighted by atomic mass is 35.5. The highest BCUT2D eigenvalue weighted by Gasteiger charge is 1.92. The van der Waals surface area contributed by atoms with Crippen LogP contribution in [0.2, 0.25) is 4.34 Å². The number of rotatable bonds is 4. The molecule has 4 heteroatoms. The molecule has 0 spiro atoms. The molecule has 1 aromatic rings. The van der Waals surface area contributed by atoms with Crippen molar-refractivity contribution in [2.45, 2.75) is 13.3 Å². The van der Waals surface area contributed by atoms with Gasteiger partial charge in [0.15, 0.2) is 0 Å². The van der Waals surface area contributed by atoms with Gasteiger partial charge in [-0.25, -0.2) is 0 Å². The number of amides is 1. The van der Waals surface area contributed by atoms with Crippen LogP contribution in [-0.2, 0) is 4.79 Å². The van der Waals surface area contributed by atoms with Crippen molar-refractivity contribution >= 4 is 34.9 Å². The summed E-state index contributed by atoms with van der Waals surface area (Å²) in [6.07, 6.45) is 4.88. The molecule has 1 aromatic heterocycles. The predicted molar refractivity (Wildman–Crippen MR) is 61.7 cm³/mol. The zero-order valence-electron chi connectivity index (χ0n) is 7.92. The lowest BCUT2D eigenvalue weighted by Gasteiger charge is -1.95. The average molecular weight is 230 g/mol. The summed E-state index contributed by atoms with van der Waals surface area (Å²) in [4.78, 5) is 11.7. The van der Waals surface area contributed by atoms with Gasteiger partial charge in [-0.15, -0.1) is 11.3 Å². The van der Waals surface area contributed by atoms with Crippen LogP contribution in [0.4, 0.5) is 0 Å². The van der Waals surface area contributed by atoms with Crippen LogP contribution in [0.5, 0.6) is 0 Å². The van der Waals surface area contributed by atoms with Gasteiger partial charge in [-0.05, 0) is 24.6 Å². The molecule has 0 aliphatic heterocycles. The molecule has 0 saturated heterocycles. The Labute approximate surface area is 92.6 Å². The van der Waals surface area contributed by atoms with Crippen LogP contribution in [0.25, 0.3) is 6.08 Å². The van der Waals surface area contributed by atoms with Gasteiger partial charge in [0, 0.05) is 18.3 Å². The minimum atomic E-state index is 0.0116. The largest absolute Gasteiger partial charge is 0.356 e. The Morgan fingerprint density at radius 1 is 1.64 bits per heavy atom. The van der Waals surface area contributed by atoms with Gasteiger partial charge < -0.3 is 5.32 Å². The molecule has 1 N–H and O–H groups in total. The zero-order chi connectivity index (χ0) is 10.4. The third kappa shape index (κ3) is 4.44. The summed E-state index contributed by atoms with van der Waals surface area (Å²) >= 11 is 7.31. The molecule has 1 rings (SSSR count). The highest BCUT2D eigenvalue weighted by Crippen LogP contribution is 2.22. The lowest BCUT2D eigenvalue weighted by atomic mass is 10.3. The molecule has 0 saturated carbocycles. The van der Waals surface area contributed by atoms with E-state index < -0.39 is 0 Å². The number of carbonyl (C=O) groups excluding carboxylic acids is 1. The van der Waals surface area contributed by atoms with E-state index in [2.05, 4.69) is 5.32 Å². The Balaban J connectivity index is 2.24. The third-order valence-corrected chi connectivity index (χ3v) is 2.76. The molecule has 76 valence electrons. The molecular weight excluding hydrogens is 218 g/mol. The quantitative estimate of drug-likeness (QED) is 0.791. The van der Waals surface area contributed by atoms with Gasteiger partial charge in [0.1, 0.15) is 0 Å². The number of halogens is 1. The van der Waals surface area contributed by atoms with E-state index in [0.717, 1.165) is 15.6 Å². The van der Waals surface area contributed by atoms with Crippen molar-refractivity contribution in [3.63, 3.8) is 0 Å². The molecule has 0 atom stereocenters. The zero-order valence-corrected chi connectivity index (χ0v) is 9.49. The fourth-order valence-electron chi connectivity index (χ4n) is 0.949. The SMILES string of the molecule is CC(=O)NCCC=Cc1ccc(Cl)s1. The van der Waals surface area contributed by atoms with E-state index in [0.29, 0.717) is 6.54 Å². The Morgan fingerprint density at radius 3 is 3.00 bits per heavy atom. The topological polar surface area (TPSA) is 29.1 Å². The molecule has 1 heterocycles. The first-order valence-electron chi connectivity index (χ1n) is 4.35. The lowest BCUT2D eigenvalue weighted by molar-refractivity contribution is -0.118. The van der Waals surface area contributed by atoms with E-state index >= 15 is 0 Å². The molecule has 0 aromatic carbocycles. The van der Waals surface area contributed by atoms with Gasteiger partial charge >= 0.3 is 0 Å². The molecule has 0 aliphatic rings. The van der Waals surface area contributed by atoms with Crippen LogP contribution in [-0.4, -0.2) is 12.5 Å². The molecule has 0 fully saturated rings. The number of thiophene rings is 1. The van der Waals surface area contributed by atoms with Crippen LogP contribution in [0.15, 0.2) is 18.2 Å². The van der Waals surface area contributed by atoms with Crippen LogP contribution in [0.3, 0.4) is 0 Å². The number of nitrogens with one attached hydrogen (secondary N) is 1. The summed E-state index contributed by atoms with van der Waals surface area (Å²) < 4.78 is 0.798. The van der Waals surface area contributed by atoms with Crippen molar-refractivity contribution in [2.75, 3.05) is 6.54 Å². The molecule has 0 radical (unpaired) electrons. The van der Waals surface area contributed by atoms with Gasteiger partial charge in [0.25, 0.3) is 0 Å². The summed E-state index contributed by atoms with van der Waals surface area (Å²) in [6.45, 7) is 2.20. The fraction of sp³-hybridized carbons (Fsp3) is 0.300. The second-order valence-corrected chi connectivity index (χ2v) is 4.56. The normalized spacial score (nSPS) is 10.7. The van der Waals surface area contributed by atoms with Crippen LogP contribution < -0.4 is 5.32 Å². The maximum atomic E-state index is 10.5. The highest BCUT2D eigenvalue weighted by molar-refractivity contribution is 7.16. The van der Waals surface area contributed by atoms with Crippen molar-refractivity contribution < 1.29 is 4.79 Å². The van der Waals surface area contributed by atoms with Gasteiger partial charge in [0.2, 0.25) is 5.91 Å². The van der Waals surface area contributed by atoms with Crippen LogP contribution in [0.1, 0.15) is 18.2 Å². The number of hydrogen-bond donors (Lipinski definition) is 1. The first kappa shape index (κ1) is 11.3. The Morgan fingerprint density at radius 2 is 2.43 bits per heavy atom. The van der Waals surface area contributed by atoms with Crippen molar-refractivity contribution in [3.05, 3.63) is 27.4 Å². The van der Waals surface area contributed by atoms with Crippen molar-refractivity contribution in [1.82, 2.24) is 5.32 Å². The summed E-state index contributed by atoms with van der Waals surface area (Å²) in [6, 6.07) is 3.85. The second-order valence-electron chi connectivity index (χ2n) is 2.82. The first-order valence-corrected chi connectivity index (χ1v) is 5.54. The van der Waals surface area contributed by atoms with E-state index in [9.17, 15) is 4.79 Å². The second kappa shape index (κ2) is 5.83. The van der Waals surface area contributed by atoms with Gasteiger partial charge in [0.05, 0.1) is 4.34 Å².